The number of hydrogen-bond acceptors (Lipinski definition) is 15. The molecule has 0 aliphatic rings. The summed E-state index contributed by atoms with van der Waals surface area (Å²) in [6, 6.07) is 0. The molecular formula is C69H134O17P2. The molecule has 522 valence electrons. The summed E-state index contributed by atoms with van der Waals surface area (Å²) >= 11 is 0. The van der Waals surface area contributed by atoms with Gasteiger partial charge in [0.25, 0.3) is 0 Å². The number of carbonyl (C=O) groups excluding carboxylic acids is 4. The van der Waals surface area contributed by atoms with Gasteiger partial charge in [-0.1, -0.05) is 304 Å². The van der Waals surface area contributed by atoms with Gasteiger partial charge in [0.2, 0.25) is 0 Å². The molecule has 3 unspecified atom stereocenters. The lowest BCUT2D eigenvalue weighted by Gasteiger charge is -2.21. The third-order valence-corrected chi connectivity index (χ3v) is 18.3. The maximum Gasteiger partial charge on any atom is 0.472 e. The summed E-state index contributed by atoms with van der Waals surface area (Å²) in [5, 5.41) is 10.6. The molecule has 0 aliphatic carbocycles. The van der Waals surface area contributed by atoms with E-state index in [1.54, 1.807) is 0 Å². The molecule has 0 saturated heterocycles. The number of aliphatic hydroxyl groups excluding tert-OH is 1. The van der Waals surface area contributed by atoms with E-state index in [9.17, 15) is 43.2 Å². The average molecular weight is 1300 g/mol. The van der Waals surface area contributed by atoms with Crippen LogP contribution in [0.15, 0.2) is 0 Å². The van der Waals surface area contributed by atoms with Crippen LogP contribution < -0.4 is 0 Å². The minimum atomic E-state index is -4.95. The Morgan fingerprint density at radius 1 is 0.318 bits per heavy atom. The highest BCUT2D eigenvalue weighted by Crippen LogP contribution is 2.45. The quantitative estimate of drug-likeness (QED) is 0.0222. The zero-order chi connectivity index (χ0) is 64.9. The summed E-state index contributed by atoms with van der Waals surface area (Å²) in [4.78, 5) is 72.3. The van der Waals surface area contributed by atoms with E-state index in [1.807, 2.05) is 0 Å². The van der Waals surface area contributed by atoms with Crippen LogP contribution in [0, 0.1) is 5.92 Å². The molecule has 17 nitrogen and oxygen atoms in total. The molecule has 0 aromatic carbocycles. The number of aliphatic hydroxyl groups is 1. The Bertz CT molecular complexity index is 1710. The molecule has 0 amide bonds. The van der Waals surface area contributed by atoms with Crippen molar-refractivity contribution in [3.8, 4) is 0 Å². The fourth-order valence-corrected chi connectivity index (χ4v) is 12.0. The van der Waals surface area contributed by atoms with Gasteiger partial charge < -0.3 is 33.8 Å². The lowest BCUT2D eigenvalue weighted by Crippen LogP contribution is -2.30. The fourth-order valence-electron chi connectivity index (χ4n) is 10.4. The van der Waals surface area contributed by atoms with Gasteiger partial charge in [0.1, 0.15) is 19.3 Å². The number of phosphoric acid groups is 2. The molecule has 0 heterocycles. The molecule has 0 spiro atoms. The predicted octanol–water partition coefficient (Wildman–Crippen LogP) is 19.7. The summed E-state index contributed by atoms with van der Waals surface area (Å²) in [6.45, 7) is 7.14. The van der Waals surface area contributed by atoms with Gasteiger partial charge in [0.05, 0.1) is 26.4 Å². The van der Waals surface area contributed by atoms with Crippen molar-refractivity contribution in [2.24, 2.45) is 5.92 Å². The SMILES string of the molecule is CCCCCCCCCCCCCCCCCCCCCCC(=O)O[C@H](COC(=O)CCCCCCCCCCCCC)COP(=O)(O)OC[C@@H](O)COP(=O)(O)OC[C@@H](COC(=O)CCCCCCCCC)OC(=O)CCCCCCCCC(C)CC. The van der Waals surface area contributed by atoms with E-state index in [2.05, 4.69) is 34.6 Å². The highest BCUT2D eigenvalue weighted by molar-refractivity contribution is 7.47. The molecule has 6 atom stereocenters. The van der Waals surface area contributed by atoms with Gasteiger partial charge in [-0.05, 0) is 31.6 Å². The van der Waals surface area contributed by atoms with Crippen molar-refractivity contribution < 1.29 is 80.2 Å². The van der Waals surface area contributed by atoms with E-state index in [-0.39, 0.29) is 25.7 Å². The van der Waals surface area contributed by atoms with Crippen LogP contribution in [0.3, 0.4) is 0 Å². The lowest BCUT2D eigenvalue weighted by atomic mass is 10.00. The van der Waals surface area contributed by atoms with E-state index in [0.29, 0.717) is 25.7 Å². The van der Waals surface area contributed by atoms with Crippen molar-refractivity contribution in [2.45, 2.75) is 374 Å². The van der Waals surface area contributed by atoms with Crippen LogP contribution in [0.2, 0.25) is 0 Å². The smallest absolute Gasteiger partial charge is 0.462 e. The van der Waals surface area contributed by atoms with Crippen molar-refractivity contribution in [2.75, 3.05) is 39.6 Å². The molecule has 19 heteroatoms. The van der Waals surface area contributed by atoms with Crippen LogP contribution in [-0.4, -0.2) is 96.7 Å². The largest absolute Gasteiger partial charge is 0.472 e. The zero-order valence-corrected chi connectivity index (χ0v) is 58.6. The maximum absolute atomic E-state index is 13.0. The summed E-state index contributed by atoms with van der Waals surface area (Å²) in [6.07, 6.45) is 48.9. The normalized spacial score (nSPS) is 14.4. The third kappa shape index (κ3) is 61.6. The Kier molecular flexibility index (Phi) is 61.1. The highest BCUT2D eigenvalue weighted by atomic mass is 31.2. The van der Waals surface area contributed by atoms with Crippen LogP contribution in [0.1, 0.15) is 356 Å². The van der Waals surface area contributed by atoms with Gasteiger partial charge in [-0.3, -0.25) is 37.3 Å². The molecule has 0 aliphatic heterocycles. The van der Waals surface area contributed by atoms with Crippen molar-refractivity contribution in [1.29, 1.82) is 0 Å². The molecular weight excluding hydrogens is 1160 g/mol. The minimum absolute atomic E-state index is 0.103. The number of carbonyl (C=O) groups is 4. The molecule has 3 N–H and O–H groups in total. The second-order valence-electron chi connectivity index (χ2n) is 25.2. The first-order valence-electron chi connectivity index (χ1n) is 36.2. The van der Waals surface area contributed by atoms with Crippen molar-refractivity contribution in [3.05, 3.63) is 0 Å². The van der Waals surface area contributed by atoms with Crippen LogP contribution in [0.5, 0.6) is 0 Å². The number of hydrogen-bond donors (Lipinski definition) is 3. The minimum Gasteiger partial charge on any atom is -0.462 e. The van der Waals surface area contributed by atoms with E-state index in [1.165, 1.54) is 167 Å². The summed E-state index contributed by atoms with van der Waals surface area (Å²) in [5.74, 6) is -1.41. The Labute approximate surface area is 537 Å². The van der Waals surface area contributed by atoms with E-state index in [0.717, 1.165) is 109 Å². The first-order chi connectivity index (χ1) is 42.6. The van der Waals surface area contributed by atoms with Crippen LogP contribution >= 0.6 is 15.6 Å². The first kappa shape index (κ1) is 86.1. The van der Waals surface area contributed by atoms with E-state index < -0.39 is 97.5 Å². The fraction of sp³-hybridized carbons (Fsp3) is 0.942. The van der Waals surface area contributed by atoms with Gasteiger partial charge in [-0.2, -0.15) is 0 Å². The van der Waals surface area contributed by atoms with Gasteiger partial charge in [0, 0.05) is 25.7 Å². The topological polar surface area (TPSA) is 237 Å². The zero-order valence-electron chi connectivity index (χ0n) is 56.9. The van der Waals surface area contributed by atoms with Crippen LogP contribution in [0.4, 0.5) is 0 Å². The molecule has 0 bridgehead atoms. The highest BCUT2D eigenvalue weighted by Gasteiger charge is 2.30. The predicted molar refractivity (Wildman–Crippen MR) is 354 cm³/mol. The van der Waals surface area contributed by atoms with Gasteiger partial charge >= 0.3 is 39.5 Å². The Balaban J connectivity index is 5.14. The Morgan fingerprint density at radius 2 is 0.545 bits per heavy atom. The molecule has 88 heavy (non-hydrogen) atoms. The van der Waals surface area contributed by atoms with Gasteiger partial charge in [0.15, 0.2) is 12.2 Å². The van der Waals surface area contributed by atoms with E-state index in [4.69, 9.17) is 37.0 Å². The molecule has 0 fully saturated rings. The maximum atomic E-state index is 13.0. The van der Waals surface area contributed by atoms with Crippen molar-refractivity contribution in [3.63, 3.8) is 0 Å². The molecule has 0 aromatic heterocycles. The van der Waals surface area contributed by atoms with Gasteiger partial charge in [-0.25, -0.2) is 9.13 Å². The average Bonchev–Trinajstić information content (AvgIpc) is 3.68. The molecule has 0 rings (SSSR count). The Hall–Kier alpha value is -1.94. The number of ether oxygens (including phenoxy) is 4. The van der Waals surface area contributed by atoms with Gasteiger partial charge in [-0.15, -0.1) is 0 Å². The Morgan fingerprint density at radius 3 is 0.807 bits per heavy atom. The third-order valence-electron chi connectivity index (χ3n) is 16.4. The van der Waals surface area contributed by atoms with Crippen molar-refractivity contribution >= 4 is 39.5 Å². The number of rotatable bonds is 69. The molecule has 0 radical (unpaired) electrons. The lowest BCUT2D eigenvalue weighted by molar-refractivity contribution is -0.161. The molecule has 0 aromatic rings. The van der Waals surface area contributed by atoms with Crippen molar-refractivity contribution in [1.82, 2.24) is 0 Å². The number of phosphoric ester groups is 2. The number of esters is 4. The summed E-state index contributed by atoms with van der Waals surface area (Å²) in [7, 11) is -9.89. The molecule has 0 saturated carbocycles. The summed E-state index contributed by atoms with van der Waals surface area (Å²) < 4.78 is 68.1. The summed E-state index contributed by atoms with van der Waals surface area (Å²) in [5.41, 5.74) is 0. The first-order valence-corrected chi connectivity index (χ1v) is 39.2. The number of unbranched alkanes of at least 4 members (excludes halogenated alkanes) is 40. The monoisotopic (exact) mass is 1300 g/mol. The van der Waals surface area contributed by atoms with Crippen LogP contribution in [-0.2, 0) is 65.4 Å². The van der Waals surface area contributed by atoms with Crippen LogP contribution in [0.25, 0.3) is 0 Å². The standard InChI is InChI=1S/C69H134O17P2/c1-6-10-13-16-19-21-23-24-25-26-27-28-29-30-31-33-35-38-44-49-54-68(73)85-64(59-80-67(72)53-48-43-37-34-32-22-20-17-14-11-7-2)60-83-87(75,76)81-56-63(70)57-82-88(77,78)84-61-65(58-79-66(71)52-47-42-36-18-15-12-8-3)86-69(74)55-50-45-40-39-41-46-51-62(5)9-4/h62-65,70H,6-61H2,1-5H3,(H,75,76)(H,77,78)/t62?,63-,64-,65-/m1/s1. The van der Waals surface area contributed by atoms with E-state index >= 15 is 0 Å². The second-order valence-corrected chi connectivity index (χ2v) is 28.1. The second kappa shape index (κ2) is 62.5.